The fraction of sp³-hybridized carbons (Fsp3) is 0.158. The Balaban J connectivity index is 1.44. The molecule has 0 saturated carbocycles. The summed E-state index contributed by atoms with van der Waals surface area (Å²) in [4.78, 5) is 0. The van der Waals surface area contributed by atoms with Crippen molar-refractivity contribution in [3.8, 4) is 22.5 Å². The van der Waals surface area contributed by atoms with Crippen molar-refractivity contribution in [2.45, 2.75) is 39.0 Å². The van der Waals surface area contributed by atoms with Gasteiger partial charge in [-0.05, 0) is 67.9 Å². The van der Waals surface area contributed by atoms with Crippen molar-refractivity contribution in [3.05, 3.63) is 132 Å². The Bertz CT molecular complexity index is 2040. The first-order valence-electron chi connectivity index (χ1n) is 14.3. The highest BCUT2D eigenvalue weighted by molar-refractivity contribution is 6.09. The van der Waals surface area contributed by atoms with Crippen molar-refractivity contribution < 1.29 is 9.13 Å². The van der Waals surface area contributed by atoms with Gasteiger partial charge >= 0.3 is 0 Å². The number of nitrogens with zero attached hydrogens (tertiary/aromatic N) is 2. The monoisotopic (exact) mass is 516 g/mol. The molecule has 4 heterocycles. The molecule has 0 aliphatic carbocycles. The molecule has 2 nitrogen and oxygen atoms in total. The minimum absolute atomic E-state index is 0.0681. The Kier molecular flexibility index (Phi) is 4.94. The molecule has 6 aromatic rings. The van der Waals surface area contributed by atoms with E-state index in [2.05, 4.69) is 145 Å². The predicted octanol–water partition coefficient (Wildman–Crippen LogP) is 8.14. The maximum Gasteiger partial charge on any atom is 0.259 e. The molecule has 0 saturated heterocycles. The van der Waals surface area contributed by atoms with Gasteiger partial charge in [-0.25, -0.2) is 0 Å². The van der Waals surface area contributed by atoms with Crippen LogP contribution in [0, 0.1) is 0 Å². The second-order valence-corrected chi connectivity index (χ2v) is 12.3. The van der Waals surface area contributed by atoms with Crippen molar-refractivity contribution in [2.75, 3.05) is 0 Å². The van der Waals surface area contributed by atoms with Crippen LogP contribution in [0.4, 0.5) is 0 Å². The number of hydrogen-bond donors (Lipinski definition) is 0. The zero-order chi connectivity index (χ0) is 27.0. The number of pyridine rings is 2. The lowest BCUT2D eigenvalue weighted by molar-refractivity contribution is -0.602. The van der Waals surface area contributed by atoms with E-state index in [9.17, 15) is 0 Å². The van der Waals surface area contributed by atoms with Gasteiger partial charge in [0.2, 0.25) is 11.4 Å². The average molecular weight is 517 g/mol. The highest BCUT2D eigenvalue weighted by atomic mass is 15.1. The Morgan fingerprint density at radius 3 is 2.12 bits per heavy atom. The molecule has 40 heavy (non-hydrogen) atoms. The molecule has 0 atom stereocenters. The summed E-state index contributed by atoms with van der Waals surface area (Å²) in [5.74, 6) is 0. The minimum Gasteiger partial charge on any atom is -0.158 e. The smallest absolute Gasteiger partial charge is 0.158 e. The fourth-order valence-electron chi connectivity index (χ4n) is 6.73. The number of rotatable bonds is 0. The molecule has 0 N–H and O–H groups in total. The molecule has 2 aliphatic rings. The van der Waals surface area contributed by atoms with E-state index in [0.29, 0.717) is 0 Å². The van der Waals surface area contributed by atoms with E-state index in [4.69, 9.17) is 0 Å². The zero-order valence-corrected chi connectivity index (χ0v) is 23.3. The highest BCUT2D eigenvalue weighted by Crippen LogP contribution is 2.39. The van der Waals surface area contributed by atoms with Crippen molar-refractivity contribution >= 4 is 32.9 Å². The second-order valence-electron chi connectivity index (χ2n) is 12.3. The van der Waals surface area contributed by atoms with Crippen molar-refractivity contribution in [3.63, 3.8) is 0 Å². The Morgan fingerprint density at radius 2 is 1.25 bits per heavy atom. The normalized spacial score (nSPS) is 15.9. The van der Waals surface area contributed by atoms with Gasteiger partial charge in [0.1, 0.15) is 0 Å². The van der Waals surface area contributed by atoms with Gasteiger partial charge in [0.05, 0.1) is 24.0 Å². The van der Waals surface area contributed by atoms with Crippen LogP contribution in [0.1, 0.15) is 37.5 Å². The van der Waals surface area contributed by atoms with Crippen LogP contribution < -0.4 is 9.13 Å². The molecule has 2 heteroatoms. The van der Waals surface area contributed by atoms with E-state index < -0.39 is 0 Å². The van der Waals surface area contributed by atoms with Gasteiger partial charge < -0.3 is 0 Å². The number of aromatic nitrogens is 2. The fourth-order valence-corrected chi connectivity index (χ4v) is 6.73. The van der Waals surface area contributed by atoms with E-state index >= 15 is 0 Å². The van der Waals surface area contributed by atoms with Crippen LogP contribution in [-0.2, 0) is 18.3 Å². The molecule has 0 unspecified atom stereocenters. The molecule has 0 amide bonds. The molecule has 0 bridgehead atoms. The van der Waals surface area contributed by atoms with Crippen LogP contribution >= 0.6 is 0 Å². The Hall–Kier alpha value is -4.56. The van der Waals surface area contributed by atoms with Gasteiger partial charge in [-0.2, -0.15) is 9.13 Å². The van der Waals surface area contributed by atoms with Crippen LogP contribution in [0.3, 0.4) is 0 Å². The van der Waals surface area contributed by atoms with Crippen LogP contribution in [0.2, 0.25) is 0 Å². The summed E-state index contributed by atoms with van der Waals surface area (Å²) in [7, 11) is 0. The number of hydrogen-bond acceptors (Lipinski definition) is 0. The molecule has 2 aromatic heterocycles. The first-order chi connectivity index (χ1) is 19.5. The van der Waals surface area contributed by atoms with E-state index in [1.165, 1.54) is 72.1 Å². The quantitative estimate of drug-likeness (QED) is 0.142. The SMILES string of the molecule is CC(C)(C)c1cc[n+]2c(c1)-c1cc3ccc4ccccc4c3cc1C/C2=C1/Cc2ccccc2-c2cccc[n+]21. The lowest BCUT2D eigenvalue weighted by Crippen LogP contribution is -2.47. The standard InChI is InChI=1S/C38H32N2/c1-38(2,3)29-17-19-40-35(24-29)33-20-27-16-15-25-10-4-6-12-30(25)32(27)21-28(33)23-37(40)36-22-26-11-5-7-13-31(26)34-14-8-9-18-39(34)36/h4-21,24H,22-23H2,1-3H3/q+2/b37-36+. The topological polar surface area (TPSA) is 7.76 Å². The summed E-state index contributed by atoms with van der Waals surface area (Å²) in [5, 5.41) is 5.25. The van der Waals surface area contributed by atoms with Gasteiger partial charge in [0.25, 0.3) is 11.4 Å². The van der Waals surface area contributed by atoms with E-state index in [1.807, 2.05) is 0 Å². The molecule has 192 valence electrons. The lowest BCUT2D eigenvalue weighted by atomic mass is 9.84. The zero-order valence-electron chi connectivity index (χ0n) is 23.3. The van der Waals surface area contributed by atoms with Crippen LogP contribution in [0.15, 0.2) is 116 Å². The third kappa shape index (κ3) is 3.49. The lowest BCUT2D eigenvalue weighted by Gasteiger charge is -2.24. The maximum absolute atomic E-state index is 2.47. The number of benzene rings is 4. The second kappa shape index (κ2) is 8.47. The van der Waals surface area contributed by atoms with Crippen LogP contribution in [0.25, 0.3) is 55.5 Å². The van der Waals surface area contributed by atoms with E-state index in [1.54, 1.807) is 0 Å². The first kappa shape index (κ1) is 23.3. The van der Waals surface area contributed by atoms with E-state index in [-0.39, 0.29) is 5.41 Å². The largest absolute Gasteiger partial charge is 0.259 e. The van der Waals surface area contributed by atoms with Crippen molar-refractivity contribution in [1.29, 1.82) is 0 Å². The molecule has 4 aromatic carbocycles. The molecule has 2 aliphatic heterocycles. The summed E-state index contributed by atoms with van der Waals surface area (Å²) in [6.45, 7) is 6.91. The predicted molar refractivity (Wildman–Crippen MR) is 165 cm³/mol. The Morgan fingerprint density at radius 1 is 0.525 bits per heavy atom. The summed E-state index contributed by atoms with van der Waals surface area (Å²) < 4.78 is 4.89. The highest BCUT2D eigenvalue weighted by Gasteiger charge is 2.38. The first-order valence-corrected chi connectivity index (χ1v) is 14.3. The van der Waals surface area contributed by atoms with Crippen molar-refractivity contribution in [2.24, 2.45) is 0 Å². The molecule has 0 fully saturated rings. The Labute approximate surface area is 235 Å². The molecule has 0 spiro atoms. The summed E-state index contributed by atoms with van der Waals surface area (Å²) in [5.41, 5.74) is 12.1. The molecular weight excluding hydrogens is 484 g/mol. The molecular formula is C38H32N2+2. The maximum atomic E-state index is 2.47. The number of fused-ring (bicyclic) bond motifs is 9. The third-order valence-corrected chi connectivity index (χ3v) is 8.85. The third-order valence-electron chi connectivity index (χ3n) is 8.85. The van der Waals surface area contributed by atoms with Gasteiger partial charge in [-0.15, -0.1) is 0 Å². The molecule has 8 rings (SSSR count). The van der Waals surface area contributed by atoms with Gasteiger partial charge in [-0.3, -0.25) is 0 Å². The van der Waals surface area contributed by atoms with Gasteiger partial charge in [0, 0.05) is 24.3 Å². The van der Waals surface area contributed by atoms with E-state index in [0.717, 1.165) is 12.8 Å². The van der Waals surface area contributed by atoms with Gasteiger partial charge in [0.15, 0.2) is 12.4 Å². The minimum atomic E-state index is 0.0681. The average Bonchev–Trinajstić information content (AvgIpc) is 2.98. The summed E-state index contributed by atoms with van der Waals surface area (Å²) in [6, 6.07) is 38.4. The number of allylic oxidation sites excluding steroid dienone is 2. The summed E-state index contributed by atoms with van der Waals surface area (Å²) in [6.07, 6.45) is 6.35. The molecule has 0 radical (unpaired) electrons. The van der Waals surface area contributed by atoms with Crippen LogP contribution in [0.5, 0.6) is 0 Å². The van der Waals surface area contributed by atoms with Crippen LogP contribution in [-0.4, -0.2) is 0 Å². The van der Waals surface area contributed by atoms with Crippen molar-refractivity contribution in [1.82, 2.24) is 0 Å². The van der Waals surface area contributed by atoms with Gasteiger partial charge in [-0.1, -0.05) is 75.4 Å². The summed E-state index contributed by atoms with van der Waals surface area (Å²) >= 11 is 0.